The third-order valence-corrected chi connectivity index (χ3v) is 5.81. The Morgan fingerprint density at radius 2 is 1.07 bits per heavy atom. The zero-order chi connectivity index (χ0) is 11.4. The third-order valence-electron chi connectivity index (χ3n) is 1.37. The molecular formula is C2H8O10P2. The van der Waals surface area contributed by atoms with Crippen molar-refractivity contribution in [2.24, 2.45) is 0 Å². The molecule has 0 bridgehead atoms. The van der Waals surface area contributed by atoms with Crippen molar-refractivity contribution >= 4 is 15.2 Å². The Bertz CT molecular complexity index is 219. The average molecular weight is 254 g/mol. The fourth-order valence-corrected chi connectivity index (χ4v) is 2.97. The van der Waals surface area contributed by atoms with Crippen molar-refractivity contribution in [3.8, 4) is 0 Å². The van der Waals surface area contributed by atoms with Crippen molar-refractivity contribution in [1.82, 2.24) is 0 Å². The fraction of sp³-hybridized carbons (Fsp3) is 1.00. The molecule has 0 aromatic rings. The van der Waals surface area contributed by atoms with E-state index in [4.69, 9.17) is 21.0 Å². The Hall–Kier alpha value is 0.140. The van der Waals surface area contributed by atoms with Gasteiger partial charge in [-0.2, -0.15) is 0 Å². The molecule has 14 heavy (non-hydrogen) atoms. The Morgan fingerprint density at radius 1 is 0.857 bits per heavy atom. The van der Waals surface area contributed by atoms with Crippen LogP contribution < -0.4 is 0 Å². The second-order valence-electron chi connectivity index (χ2n) is 2.04. The van der Waals surface area contributed by atoms with Crippen molar-refractivity contribution in [1.29, 1.82) is 0 Å². The number of hydrogen-bond donors (Lipinski definition) is 4. The minimum atomic E-state index is -4.65. The number of rotatable bonds is 6. The quantitative estimate of drug-likeness (QED) is 0.312. The number of hydrogen-bond acceptors (Lipinski definition) is 10. The van der Waals surface area contributed by atoms with Gasteiger partial charge in [-0.25, -0.2) is 21.0 Å². The summed E-state index contributed by atoms with van der Waals surface area (Å²) in [5, 5.41) is 30.3. The molecule has 0 spiro atoms. The average Bonchev–Trinajstić information content (AvgIpc) is 2.25. The third kappa shape index (κ3) is 2.59. The molecule has 0 saturated carbocycles. The van der Waals surface area contributed by atoms with Crippen LogP contribution in [0.5, 0.6) is 0 Å². The predicted octanol–water partition coefficient (Wildman–Crippen LogP) is 1.68. The Kier molecular flexibility index (Phi) is 5.34. The van der Waals surface area contributed by atoms with Crippen LogP contribution in [0.1, 0.15) is 6.92 Å². The molecule has 0 rings (SSSR count). The first-order chi connectivity index (χ1) is 6.40. The van der Waals surface area contributed by atoms with E-state index < -0.39 is 20.6 Å². The normalized spacial score (nSPS) is 13.6. The summed E-state index contributed by atoms with van der Waals surface area (Å²) in [5.74, 6) is 0. The van der Waals surface area contributed by atoms with Crippen molar-refractivity contribution in [3.63, 3.8) is 0 Å². The van der Waals surface area contributed by atoms with Crippen LogP contribution in [0.15, 0.2) is 0 Å². The molecule has 0 heterocycles. The fourth-order valence-electron chi connectivity index (χ4n) is 0.476. The second-order valence-corrected chi connectivity index (χ2v) is 6.81. The van der Waals surface area contributed by atoms with E-state index in [1.54, 1.807) is 0 Å². The molecule has 0 atom stereocenters. The van der Waals surface area contributed by atoms with Crippen LogP contribution in [0.2, 0.25) is 0 Å². The smallest absolute Gasteiger partial charge is 0.254 e. The minimum absolute atomic E-state index is 0.792. The highest BCUT2D eigenvalue weighted by Crippen LogP contribution is 2.68. The molecular weight excluding hydrogens is 246 g/mol. The molecule has 0 unspecified atom stereocenters. The Labute approximate surface area is 77.4 Å². The van der Waals surface area contributed by atoms with E-state index in [1.165, 1.54) is 0 Å². The van der Waals surface area contributed by atoms with Gasteiger partial charge in [-0.05, 0) is 6.92 Å². The van der Waals surface area contributed by atoms with Crippen LogP contribution in [0.25, 0.3) is 0 Å². The van der Waals surface area contributed by atoms with Crippen molar-refractivity contribution in [2.45, 2.75) is 12.3 Å². The van der Waals surface area contributed by atoms with Gasteiger partial charge in [0.2, 0.25) is 0 Å². The van der Waals surface area contributed by atoms with Gasteiger partial charge in [-0.1, -0.05) is 0 Å². The van der Waals surface area contributed by atoms with Gasteiger partial charge in [0.25, 0.3) is 0 Å². The van der Waals surface area contributed by atoms with Gasteiger partial charge in [0, 0.05) is 0 Å². The van der Waals surface area contributed by atoms with E-state index >= 15 is 0 Å². The molecule has 0 aromatic carbocycles. The monoisotopic (exact) mass is 254 g/mol. The van der Waals surface area contributed by atoms with E-state index in [9.17, 15) is 9.13 Å². The van der Waals surface area contributed by atoms with Gasteiger partial charge in [0.1, 0.15) is 0 Å². The Morgan fingerprint density at radius 3 is 1.21 bits per heavy atom. The summed E-state index contributed by atoms with van der Waals surface area (Å²) in [6, 6.07) is 0. The highest BCUT2D eigenvalue weighted by Gasteiger charge is 2.50. The van der Waals surface area contributed by atoms with E-state index in [2.05, 4.69) is 18.7 Å². The van der Waals surface area contributed by atoms with Gasteiger partial charge in [-0.3, -0.25) is 9.13 Å². The topological polar surface area (TPSA) is 152 Å². The van der Waals surface area contributed by atoms with Gasteiger partial charge in [-0.15, -0.1) is 18.7 Å². The summed E-state index contributed by atoms with van der Waals surface area (Å²) < 4.78 is 35.1. The summed E-state index contributed by atoms with van der Waals surface area (Å²) in [5.41, 5.74) is 0. The lowest BCUT2D eigenvalue weighted by molar-refractivity contribution is -0.218. The molecule has 4 N–H and O–H groups in total. The maximum Gasteiger partial charge on any atom is 0.398 e. The van der Waals surface area contributed by atoms with Crippen molar-refractivity contribution in [3.05, 3.63) is 0 Å². The van der Waals surface area contributed by atoms with Crippen LogP contribution in [-0.4, -0.2) is 26.4 Å². The summed E-state index contributed by atoms with van der Waals surface area (Å²) in [4.78, 5) is 0. The molecule has 12 heteroatoms. The first kappa shape index (κ1) is 14.1. The van der Waals surface area contributed by atoms with E-state index in [0.717, 1.165) is 6.92 Å². The van der Waals surface area contributed by atoms with Crippen LogP contribution in [0.3, 0.4) is 0 Å². The van der Waals surface area contributed by atoms with Gasteiger partial charge < -0.3 is 0 Å². The van der Waals surface area contributed by atoms with Crippen LogP contribution in [-0.2, 0) is 27.8 Å². The van der Waals surface area contributed by atoms with E-state index in [-0.39, 0.29) is 0 Å². The summed E-state index contributed by atoms with van der Waals surface area (Å²) in [6.07, 6.45) is 0. The lowest BCUT2D eigenvalue weighted by Gasteiger charge is -2.20. The summed E-state index contributed by atoms with van der Waals surface area (Å²) >= 11 is 0. The van der Waals surface area contributed by atoms with Crippen LogP contribution >= 0.6 is 15.2 Å². The molecule has 0 aliphatic carbocycles. The van der Waals surface area contributed by atoms with Crippen molar-refractivity contribution < 1.29 is 48.9 Å². The zero-order valence-electron chi connectivity index (χ0n) is 6.71. The van der Waals surface area contributed by atoms with Gasteiger partial charge >= 0.3 is 15.2 Å². The predicted molar refractivity (Wildman–Crippen MR) is 39.5 cm³/mol. The molecule has 0 aliphatic heterocycles. The molecule has 10 nitrogen and oxygen atoms in total. The van der Waals surface area contributed by atoms with Gasteiger partial charge in [0.05, 0.1) is 0 Å². The van der Waals surface area contributed by atoms with Crippen molar-refractivity contribution in [2.75, 3.05) is 0 Å². The van der Waals surface area contributed by atoms with E-state index in [0.29, 0.717) is 0 Å². The first-order valence-corrected chi connectivity index (χ1v) is 6.14. The largest absolute Gasteiger partial charge is 0.398 e. The standard InChI is InChI=1S/C2H8O10P2/c1-2(13(7,9-3)10-4)14(8,11-5)12-6/h2-6H,1H3. The lowest BCUT2D eigenvalue weighted by Crippen LogP contribution is -2.11. The molecule has 86 valence electrons. The highest BCUT2D eigenvalue weighted by atomic mass is 31.2. The van der Waals surface area contributed by atoms with E-state index in [1.807, 2.05) is 0 Å². The maximum absolute atomic E-state index is 11.1. The summed E-state index contributed by atoms with van der Waals surface area (Å²) in [6.45, 7) is 0.792. The molecule has 0 radical (unpaired) electrons. The molecule has 0 aromatic heterocycles. The van der Waals surface area contributed by atoms with Gasteiger partial charge in [0.15, 0.2) is 5.40 Å². The first-order valence-electron chi connectivity index (χ1n) is 2.92. The Balaban J connectivity index is 5.01. The maximum atomic E-state index is 11.1. The highest BCUT2D eigenvalue weighted by molar-refractivity contribution is 7.72. The molecule has 0 fully saturated rings. The SMILES string of the molecule is CC(P(=O)(OO)OO)P(=O)(OO)OO. The van der Waals surface area contributed by atoms with Crippen LogP contribution in [0, 0.1) is 0 Å². The second kappa shape index (κ2) is 5.29. The molecule has 0 amide bonds. The zero-order valence-corrected chi connectivity index (χ0v) is 8.50. The van der Waals surface area contributed by atoms with Crippen LogP contribution in [0.4, 0.5) is 0 Å². The molecule has 0 aliphatic rings. The summed E-state index contributed by atoms with van der Waals surface area (Å²) in [7, 11) is -9.30. The lowest BCUT2D eigenvalue weighted by atomic mass is 11.0. The minimum Gasteiger partial charge on any atom is -0.254 e. The molecule has 0 saturated heterocycles.